The second-order valence-electron chi connectivity index (χ2n) is 8.99. The molecule has 7 heteroatoms. The fourth-order valence-electron chi connectivity index (χ4n) is 4.31. The SMILES string of the molecule is CCOc1ccccc1N(CC(=O)N[C@H](c1ccccc1)c1ccccc1C)S(=O)(=O)c1ccc(C)cc1. The first-order chi connectivity index (χ1) is 18.3. The third-order valence-electron chi connectivity index (χ3n) is 6.27. The van der Waals surface area contributed by atoms with Gasteiger partial charge in [-0.3, -0.25) is 9.10 Å². The van der Waals surface area contributed by atoms with Gasteiger partial charge in [0.15, 0.2) is 0 Å². The maximum Gasteiger partial charge on any atom is 0.264 e. The third-order valence-corrected chi connectivity index (χ3v) is 8.04. The van der Waals surface area contributed by atoms with E-state index in [-0.39, 0.29) is 4.90 Å². The molecule has 1 atom stereocenters. The minimum Gasteiger partial charge on any atom is -0.492 e. The molecule has 4 rings (SSSR count). The molecule has 0 bridgehead atoms. The van der Waals surface area contributed by atoms with Crippen LogP contribution in [0.2, 0.25) is 0 Å². The molecule has 6 nitrogen and oxygen atoms in total. The van der Waals surface area contributed by atoms with Crippen LogP contribution in [0.5, 0.6) is 5.75 Å². The van der Waals surface area contributed by atoms with Gasteiger partial charge >= 0.3 is 0 Å². The van der Waals surface area contributed by atoms with Crippen molar-refractivity contribution in [3.05, 3.63) is 125 Å². The van der Waals surface area contributed by atoms with Crippen molar-refractivity contribution in [1.29, 1.82) is 0 Å². The van der Waals surface area contributed by atoms with E-state index in [0.29, 0.717) is 18.0 Å². The van der Waals surface area contributed by atoms with Crippen molar-refractivity contribution in [2.24, 2.45) is 0 Å². The summed E-state index contributed by atoms with van der Waals surface area (Å²) in [6.45, 7) is 5.64. The average molecular weight is 529 g/mol. The van der Waals surface area contributed by atoms with Crippen LogP contribution >= 0.6 is 0 Å². The lowest BCUT2D eigenvalue weighted by Gasteiger charge is -2.28. The molecule has 0 unspecified atom stereocenters. The first-order valence-electron chi connectivity index (χ1n) is 12.5. The highest BCUT2D eigenvalue weighted by Crippen LogP contribution is 2.33. The van der Waals surface area contributed by atoms with Crippen molar-refractivity contribution >= 4 is 21.6 Å². The zero-order valence-corrected chi connectivity index (χ0v) is 22.6. The highest BCUT2D eigenvalue weighted by atomic mass is 32.2. The second-order valence-corrected chi connectivity index (χ2v) is 10.9. The molecular formula is C31H32N2O4S. The van der Waals surface area contributed by atoms with Gasteiger partial charge in [-0.2, -0.15) is 0 Å². The summed E-state index contributed by atoms with van der Waals surface area (Å²) in [6.07, 6.45) is 0. The summed E-state index contributed by atoms with van der Waals surface area (Å²) >= 11 is 0. The van der Waals surface area contributed by atoms with Crippen LogP contribution in [0.4, 0.5) is 5.69 Å². The van der Waals surface area contributed by atoms with Crippen LogP contribution in [0.25, 0.3) is 0 Å². The molecule has 0 aliphatic rings. The van der Waals surface area contributed by atoms with Gasteiger partial charge in [0.05, 0.1) is 23.2 Å². The number of amides is 1. The summed E-state index contributed by atoms with van der Waals surface area (Å²) in [5, 5.41) is 3.09. The molecule has 4 aromatic carbocycles. The Hall–Kier alpha value is -4.10. The van der Waals surface area contributed by atoms with Crippen LogP contribution in [-0.2, 0) is 14.8 Å². The van der Waals surface area contributed by atoms with Gasteiger partial charge in [0, 0.05) is 0 Å². The fourth-order valence-corrected chi connectivity index (χ4v) is 5.74. The molecule has 1 N–H and O–H groups in total. The highest BCUT2D eigenvalue weighted by Gasteiger charge is 2.30. The maximum atomic E-state index is 13.9. The van der Waals surface area contributed by atoms with Crippen LogP contribution in [0.3, 0.4) is 0 Å². The summed E-state index contributed by atoms with van der Waals surface area (Å²) in [7, 11) is -4.09. The van der Waals surface area contributed by atoms with Crippen LogP contribution in [-0.4, -0.2) is 27.5 Å². The van der Waals surface area contributed by atoms with E-state index >= 15 is 0 Å². The number of benzene rings is 4. The lowest BCUT2D eigenvalue weighted by Crippen LogP contribution is -2.42. The topological polar surface area (TPSA) is 75.7 Å². The van der Waals surface area contributed by atoms with Crippen LogP contribution in [0, 0.1) is 13.8 Å². The number of sulfonamides is 1. The molecule has 0 aromatic heterocycles. The van der Waals surface area contributed by atoms with E-state index in [2.05, 4.69) is 5.32 Å². The standard InChI is InChI=1S/C31H32N2O4S/c1-4-37-29-17-11-10-16-28(29)33(38(35,36)26-20-18-23(2)19-21-26)22-30(34)32-31(25-13-6-5-7-14-25)27-15-9-8-12-24(27)3/h5-21,31H,4,22H2,1-3H3,(H,32,34)/t31-/m1/s1. The lowest BCUT2D eigenvalue weighted by molar-refractivity contribution is -0.120. The monoisotopic (exact) mass is 528 g/mol. The average Bonchev–Trinajstić information content (AvgIpc) is 2.92. The quantitative estimate of drug-likeness (QED) is 0.282. The van der Waals surface area contributed by atoms with Gasteiger partial charge in [0.25, 0.3) is 10.0 Å². The highest BCUT2D eigenvalue weighted by molar-refractivity contribution is 7.92. The predicted octanol–water partition coefficient (Wildman–Crippen LogP) is 5.80. The zero-order valence-electron chi connectivity index (χ0n) is 21.8. The number of aryl methyl sites for hydroxylation is 2. The van der Waals surface area contributed by atoms with Gasteiger partial charge in [0.2, 0.25) is 5.91 Å². The Bertz CT molecular complexity index is 1490. The minimum atomic E-state index is -4.09. The molecule has 38 heavy (non-hydrogen) atoms. The van der Waals surface area contributed by atoms with Crippen molar-refractivity contribution in [1.82, 2.24) is 5.32 Å². The molecule has 196 valence electrons. The Labute approximate surface area is 225 Å². The number of carbonyl (C=O) groups excluding carboxylic acids is 1. The molecule has 0 saturated heterocycles. The molecule has 0 heterocycles. The number of rotatable bonds is 10. The summed E-state index contributed by atoms with van der Waals surface area (Å²) in [4.78, 5) is 13.7. The van der Waals surface area contributed by atoms with E-state index in [4.69, 9.17) is 4.74 Å². The molecule has 1 amide bonds. The number of nitrogens with one attached hydrogen (secondary N) is 1. The van der Waals surface area contributed by atoms with E-state index in [1.807, 2.05) is 75.4 Å². The number of hydrogen-bond acceptors (Lipinski definition) is 4. The van der Waals surface area contributed by atoms with Crippen molar-refractivity contribution in [3.8, 4) is 5.75 Å². The summed E-state index contributed by atoms with van der Waals surface area (Å²) in [5.74, 6) is -0.0545. The van der Waals surface area contributed by atoms with Crippen molar-refractivity contribution in [2.75, 3.05) is 17.5 Å². The van der Waals surface area contributed by atoms with Gasteiger partial charge in [-0.15, -0.1) is 0 Å². The summed E-state index contributed by atoms with van der Waals surface area (Å²) in [5.41, 5.74) is 4.10. The Morgan fingerprint density at radius 3 is 2.16 bits per heavy atom. The normalized spacial score (nSPS) is 12.0. The Balaban J connectivity index is 1.74. The molecule has 0 spiro atoms. The third kappa shape index (κ3) is 6.06. The fraction of sp³-hybridized carbons (Fsp3) is 0.194. The first-order valence-corrected chi connectivity index (χ1v) is 14.0. The van der Waals surface area contributed by atoms with Crippen molar-refractivity contribution in [3.63, 3.8) is 0 Å². The van der Waals surface area contributed by atoms with Gasteiger partial charge in [-0.25, -0.2) is 8.42 Å². The molecule has 0 saturated carbocycles. The van der Waals surface area contributed by atoms with Crippen LogP contribution in [0.1, 0.15) is 35.2 Å². The van der Waals surface area contributed by atoms with E-state index in [1.165, 1.54) is 0 Å². The Kier molecular flexibility index (Phi) is 8.48. The predicted molar refractivity (Wildman–Crippen MR) is 151 cm³/mol. The van der Waals surface area contributed by atoms with E-state index in [0.717, 1.165) is 26.6 Å². The largest absolute Gasteiger partial charge is 0.492 e. The van der Waals surface area contributed by atoms with Gasteiger partial charge in [0.1, 0.15) is 12.3 Å². The number of carbonyl (C=O) groups is 1. The van der Waals surface area contributed by atoms with Gasteiger partial charge < -0.3 is 10.1 Å². The Morgan fingerprint density at radius 1 is 0.842 bits per heavy atom. The molecule has 0 radical (unpaired) electrons. The van der Waals surface area contributed by atoms with Crippen molar-refractivity contribution < 1.29 is 17.9 Å². The van der Waals surface area contributed by atoms with Gasteiger partial charge in [-0.05, 0) is 61.7 Å². The van der Waals surface area contributed by atoms with E-state index < -0.39 is 28.5 Å². The summed E-state index contributed by atoms with van der Waals surface area (Å²) < 4.78 is 34.7. The van der Waals surface area contributed by atoms with Crippen LogP contribution < -0.4 is 14.4 Å². The summed E-state index contributed by atoms with van der Waals surface area (Å²) in [6, 6.07) is 30.5. The van der Waals surface area contributed by atoms with Crippen LogP contribution in [0.15, 0.2) is 108 Å². The number of para-hydroxylation sites is 2. The zero-order chi connectivity index (χ0) is 27.1. The molecular weight excluding hydrogens is 496 g/mol. The second kappa shape index (κ2) is 12.0. The molecule has 0 aliphatic heterocycles. The smallest absolute Gasteiger partial charge is 0.264 e. The number of anilines is 1. The lowest BCUT2D eigenvalue weighted by atomic mass is 9.95. The molecule has 0 aliphatic carbocycles. The van der Waals surface area contributed by atoms with E-state index in [9.17, 15) is 13.2 Å². The molecule has 0 fully saturated rings. The van der Waals surface area contributed by atoms with Crippen molar-refractivity contribution in [2.45, 2.75) is 31.7 Å². The number of nitrogens with zero attached hydrogens (tertiary/aromatic N) is 1. The Morgan fingerprint density at radius 2 is 1.47 bits per heavy atom. The minimum absolute atomic E-state index is 0.0979. The first kappa shape index (κ1) is 26.9. The van der Waals surface area contributed by atoms with Gasteiger partial charge in [-0.1, -0.05) is 84.4 Å². The van der Waals surface area contributed by atoms with E-state index in [1.54, 1.807) is 48.5 Å². The maximum absolute atomic E-state index is 13.9. The number of hydrogen-bond donors (Lipinski definition) is 1. The number of ether oxygens (including phenoxy) is 1. The molecule has 4 aromatic rings.